The molecule has 0 saturated heterocycles. The van der Waals surface area contributed by atoms with E-state index in [0.29, 0.717) is 0 Å². The maximum absolute atomic E-state index is 6.10. The molecule has 0 fully saturated rings. The van der Waals surface area contributed by atoms with Crippen molar-refractivity contribution < 1.29 is 9.47 Å². The fraction of sp³-hybridized carbons (Fsp3) is 0.333. The van der Waals surface area contributed by atoms with E-state index in [0.717, 1.165) is 30.2 Å². The van der Waals surface area contributed by atoms with Crippen molar-refractivity contribution in [3.8, 4) is 11.5 Å². The fourth-order valence-corrected chi connectivity index (χ4v) is 2.80. The topological polar surface area (TPSA) is 30.5 Å². The number of nitrogens with one attached hydrogen (secondary N) is 1. The van der Waals surface area contributed by atoms with Gasteiger partial charge in [-0.15, -0.1) is 0 Å². The second kappa shape index (κ2) is 5.32. The molecule has 0 spiro atoms. The Morgan fingerprint density at radius 2 is 1.95 bits per heavy atom. The molecule has 0 aromatic heterocycles. The number of methoxy groups -OCH3 is 1. The average Bonchev–Trinajstić information content (AvgIpc) is 2.79. The lowest BCUT2D eigenvalue weighted by Crippen LogP contribution is -2.25. The molecule has 0 radical (unpaired) electrons. The van der Waals surface area contributed by atoms with Crippen LogP contribution in [0, 0.1) is 0 Å². The molecule has 3 heteroatoms. The largest absolute Gasteiger partial charge is 0.495 e. The van der Waals surface area contributed by atoms with E-state index in [1.807, 2.05) is 24.3 Å². The molecule has 0 bridgehead atoms. The molecule has 21 heavy (non-hydrogen) atoms. The number of hydrogen-bond donors (Lipinski definition) is 1. The molecule has 110 valence electrons. The predicted molar refractivity (Wildman–Crippen MR) is 85.2 cm³/mol. The van der Waals surface area contributed by atoms with Crippen LogP contribution in [0.25, 0.3) is 0 Å². The highest BCUT2D eigenvalue weighted by Crippen LogP contribution is 2.38. The Morgan fingerprint density at radius 1 is 1.14 bits per heavy atom. The van der Waals surface area contributed by atoms with Gasteiger partial charge in [-0.05, 0) is 31.5 Å². The van der Waals surface area contributed by atoms with Crippen LogP contribution in [-0.2, 0) is 13.0 Å². The Bertz CT molecular complexity index is 649. The maximum atomic E-state index is 6.10. The van der Waals surface area contributed by atoms with Gasteiger partial charge >= 0.3 is 0 Å². The molecule has 0 aliphatic carbocycles. The van der Waals surface area contributed by atoms with Crippen LogP contribution in [0.3, 0.4) is 0 Å². The van der Waals surface area contributed by atoms with E-state index in [1.165, 1.54) is 11.1 Å². The third kappa shape index (κ3) is 2.82. The Kier molecular flexibility index (Phi) is 3.50. The molecule has 3 rings (SSSR count). The van der Waals surface area contributed by atoms with Gasteiger partial charge < -0.3 is 14.8 Å². The second-order valence-corrected chi connectivity index (χ2v) is 6.00. The van der Waals surface area contributed by atoms with Crippen LogP contribution in [0.15, 0.2) is 42.5 Å². The van der Waals surface area contributed by atoms with Gasteiger partial charge in [-0.1, -0.05) is 30.3 Å². The van der Waals surface area contributed by atoms with Crippen LogP contribution in [0.1, 0.15) is 25.0 Å². The number of benzene rings is 2. The van der Waals surface area contributed by atoms with E-state index in [2.05, 4.69) is 37.4 Å². The zero-order valence-electron chi connectivity index (χ0n) is 12.8. The van der Waals surface area contributed by atoms with Crippen molar-refractivity contribution in [2.45, 2.75) is 32.4 Å². The van der Waals surface area contributed by atoms with E-state index in [1.54, 1.807) is 7.11 Å². The van der Waals surface area contributed by atoms with Crippen molar-refractivity contribution >= 4 is 5.69 Å². The van der Waals surface area contributed by atoms with Gasteiger partial charge in [-0.25, -0.2) is 0 Å². The standard InChI is InChI=1S/C18H21NO2/c1-18(2)11-13-7-6-8-14(17(13)21-18)12-19-15-9-4-5-10-16(15)20-3/h4-10,19H,11-12H2,1-3H3. The first-order valence-corrected chi connectivity index (χ1v) is 7.26. The predicted octanol–water partition coefficient (Wildman–Crippen LogP) is 4.02. The molecule has 0 atom stereocenters. The summed E-state index contributed by atoms with van der Waals surface area (Å²) < 4.78 is 11.5. The SMILES string of the molecule is COc1ccccc1NCc1cccc2c1OC(C)(C)C2. The fourth-order valence-electron chi connectivity index (χ4n) is 2.80. The van der Waals surface area contributed by atoms with Gasteiger partial charge in [-0.3, -0.25) is 0 Å². The number of ether oxygens (including phenoxy) is 2. The molecule has 2 aromatic rings. The van der Waals surface area contributed by atoms with Crippen molar-refractivity contribution in [2.75, 3.05) is 12.4 Å². The number of hydrogen-bond acceptors (Lipinski definition) is 3. The van der Waals surface area contributed by atoms with Crippen LogP contribution in [0.5, 0.6) is 11.5 Å². The highest BCUT2D eigenvalue weighted by Gasteiger charge is 2.31. The van der Waals surface area contributed by atoms with Gasteiger partial charge in [0, 0.05) is 18.5 Å². The Morgan fingerprint density at radius 3 is 2.76 bits per heavy atom. The molecular formula is C18H21NO2. The minimum absolute atomic E-state index is 0.108. The monoisotopic (exact) mass is 283 g/mol. The van der Waals surface area contributed by atoms with Gasteiger partial charge in [0.25, 0.3) is 0 Å². The molecule has 1 N–H and O–H groups in total. The number of anilines is 1. The zero-order valence-corrected chi connectivity index (χ0v) is 12.8. The lowest BCUT2D eigenvalue weighted by atomic mass is 10.0. The number of fused-ring (bicyclic) bond motifs is 1. The molecular weight excluding hydrogens is 262 g/mol. The first kappa shape index (κ1) is 13.8. The summed E-state index contributed by atoms with van der Waals surface area (Å²) in [5.74, 6) is 1.89. The summed E-state index contributed by atoms with van der Waals surface area (Å²) in [6.07, 6.45) is 0.963. The normalized spacial score (nSPS) is 15.2. The quantitative estimate of drug-likeness (QED) is 0.919. The molecule has 1 heterocycles. The summed E-state index contributed by atoms with van der Waals surface area (Å²) in [4.78, 5) is 0. The van der Waals surface area contributed by atoms with E-state index in [4.69, 9.17) is 9.47 Å². The van der Waals surface area contributed by atoms with Gasteiger partial charge in [0.05, 0.1) is 12.8 Å². The van der Waals surface area contributed by atoms with Gasteiger partial charge in [0.1, 0.15) is 17.1 Å². The van der Waals surface area contributed by atoms with E-state index >= 15 is 0 Å². The van der Waals surface area contributed by atoms with Crippen LogP contribution >= 0.6 is 0 Å². The van der Waals surface area contributed by atoms with E-state index in [9.17, 15) is 0 Å². The number of para-hydroxylation sites is 3. The Labute approximate surface area is 125 Å². The highest BCUT2D eigenvalue weighted by atomic mass is 16.5. The molecule has 0 amide bonds. The summed E-state index contributed by atoms with van der Waals surface area (Å²) in [7, 11) is 1.69. The van der Waals surface area contributed by atoms with Gasteiger partial charge in [0.15, 0.2) is 0 Å². The molecule has 2 aromatic carbocycles. The highest BCUT2D eigenvalue weighted by molar-refractivity contribution is 5.57. The molecule has 1 aliphatic rings. The number of rotatable bonds is 4. The first-order valence-electron chi connectivity index (χ1n) is 7.26. The Hall–Kier alpha value is -2.16. The van der Waals surface area contributed by atoms with Gasteiger partial charge in [0.2, 0.25) is 0 Å². The van der Waals surface area contributed by atoms with Crippen molar-refractivity contribution in [3.05, 3.63) is 53.6 Å². The van der Waals surface area contributed by atoms with Crippen molar-refractivity contribution in [3.63, 3.8) is 0 Å². The van der Waals surface area contributed by atoms with Crippen LogP contribution in [0.2, 0.25) is 0 Å². The molecule has 0 unspecified atom stereocenters. The van der Waals surface area contributed by atoms with Crippen LogP contribution < -0.4 is 14.8 Å². The van der Waals surface area contributed by atoms with Crippen molar-refractivity contribution in [2.24, 2.45) is 0 Å². The lowest BCUT2D eigenvalue weighted by molar-refractivity contribution is 0.137. The third-order valence-electron chi connectivity index (χ3n) is 3.75. The first-order chi connectivity index (χ1) is 10.1. The minimum atomic E-state index is -0.108. The van der Waals surface area contributed by atoms with Gasteiger partial charge in [-0.2, -0.15) is 0 Å². The molecule has 0 saturated carbocycles. The third-order valence-corrected chi connectivity index (χ3v) is 3.75. The summed E-state index contributed by atoms with van der Waals surface area (Å²) in [5.41, 5.74) is 3.36. The zero-order chi connectivity index (χ0) is 14.9. The van der Waals surface area contributed by atoms with Crippen molar-refractivity contribution in [1.29, 1.82) is 0 Å². The van der Waals surface area contributed by atoms with Crippen molar-refractivity contribution in [1.82, 2.24) is 0 Å². The van der Waals surface area contributed by atoms with E-state index in [-0.39, 0.29) is 5.60 Å². The van der Waals surface area contributed by atoms with Crippen LogP contribution in [0.4, 0.5) is 5.69 Å². The smallest absolute Gasteiger partial charge is 0.141 e. The summed E-state index contributed by atoms with van der Waals surface area (Å²) >= 11 is 0. The average molecular weight is 283 g/mol. The lowest BCUT2D eigenvalue weighted by Gasteiger charge is -2.18. The summed E-state index contributed by atoms with van der Waals surface area (Å²) in [5, 5.41) is 3.43. The Balaban J connectivity index is 1.80. The molecule has 3 nitrogen and oxygen atoms in total. The summed E-state index contributed by atoms with van der Waals surface area (Å²) in [6, 6.07) is 14.3. The minimum Gasteiger partial charge on any atom is -0.495 e. The maximum Gasteiger partial charge on any atom is 0.141 e. The van der Waals surface area contributed by atoms with E-state index < -0.39 is 0 Å². The summed E-state index contributed by atoms with van der Waals surface area (Å²) in [6.45, 7) is 4.98. The molecule has 1 aliphatic heterocycles. The second-order valence-electron chi connectivity index (χ2n) is 6.00. The van der Waals surface area contributed by atoms with Crippen LogP contribution in [-0.4, -0.2) is 12.7 Å².